The van der Waals surface area contributed by atoms with Gasteiger partial charge >= 0.3 is 5.97 Å². The summed E-state index contributed by atoms with van der Waals surface area (Å²) in [5, 5.41) is 29.2. The summed E-state index contributed by atoms with van der Waals surface area (Å²) in [6.07, 6.45) is -0.593. The SMILES string of the molecule is CC(C)[C@H](NC(=O)[C@H](CC(N)=O)NC(=O)[C@H](Cc1ccccc1)NC(=O)[C@H](C)NC(=O)[C@H](CCCN=C(N)N)NC(=O)[C@H](C)NC(=O)[C@H](CCCN=C(N)N)NC(=O)[C@H](C)NC(=O)CN)C(=O)O. The van der Waals surface area contributed by atoms with Gasteiger partial charge in [-0.3, -0.25) is 53.1 Å². The Morgan fingerprint density at radius 3 is 1.32 bits per heavy atom. The summed E-state index contributed by atoms with van der Waals surface area (Å²) in [6, 6.07) is -2.46. The van der Waals surface area contributed by atoms with E-state index in [0.29, 0.717) is 5.56 Å². The zero-order valence-electron chi connectivity index (χ0n) is 38.8. The summed E-state index contributed by atoms with van der Waals surface area (Å²) >= 11 is 0. The smallest absolute Gasteiger partial charge is 0.326 e. The van der Waals surface area contributed by atoms with Gasteiger partial charge in [0.2, 0.25) is 53.2 Å². The second kappa shape index (κ2) is 29.9. The fraction of sp³-hybridized carbons (Fsp3) is 0.561. The molecular weight excluding hydrogens is 893 g/mol. The highest BCUT2D eigenvalue weighted by molar-refractivity contribution is 5.98. The van der Waals surface area contributed by atoms with E-state index >= 15 is 0 Å². The normalized spacial score (nSPS) is 14.3. The molecule has 0 saturated carbocycles. The van der Waals surface area contributed by atoms with E-state index in [1.165, 1.54) is 34.6 Å². The van der Waals surface area contributed by atoms with Gasteiger partial charge in [-0.1, -0.05) is 44.2 Å². The van der Waals surface area contributed by atoms with Crippen LogP contribution in [0.15, 0.2) is 40.3 Å². The molecule has 0 aliphatic rings. The number of nitrogens with two attached hydrogens (primary N) is 6. The number of aliphatic imine (C=N–C) groups is 2. The molecule has 0 unspecified atom stereocenters. The number of primary amides is 1. The van der Waals surface area contributed by atoms with E-state index < -0.39 is 120 Å². The molecule has 1 aromatic carbocycles. The number of amides is 9. The molecule has 8 atom stereocenters. The molecule has 0 aliphatic heterocycles. The fourth-order valence-corrected chi connectivity index (χ4v) is 6.07. The number of hydrogen-bond donors (Lipinski definition) is 15. The first-order chi connectivity index (χ1) is 31.9. The van der Waals surface area contributed by atoms with Gasteiger partial charge in [-0.2, -0.15) is 0 Å². The van der Waals surface area contributed by atoms with Crippen molar-refractivity contribution in [2.45, 2.75) is 121 Å². The van der Waals surface area contributed by atoms with Crippen molar-refractivity contribution in [2.24, 2.45) is 50.3 Å². The van der Waals surface area contributed by atoms with Crippen molar-refractivity contribution in [3.8, 4) is 0 Å². The predicted molar refractivity (Wildman–Crippen MR) is 248 cm³/mol. The minimum atomic E-state index is -1.64. The van der Waals surface area contributed by atoms with Gasteiger partial charge in [0.15, 0.2) is 11.9 Å². The van der Waals surface area contributed by atoms with Crippen molar-refractivity contribution < 1.29 is 53.1 Å². The Hall–Kier alpha value is -7.58. The topological polar surface area (TPSA) is 468 Å². The van der Waals surface area contributed by atoms with E-state index in [2.05, 4.69) is 52.5 Å². The number of rotatable bonds is 30. The van der Waals surface area contributed by atoms with E-state index in [-0.39, 0.29) is 63.7 Å². The molecule has 0 spiro atoms. The standard InChI is InChI=1S/C41H68N16O11/c1-20(2)31(39(67)68)57-38(66)28(18-29(43)58)56-37(65)27(17-24-11-7-6-8-12-24)55-34(62)23(5)52-36(64)26(14-10-16-49-41(46)47)54-33(61)22(4)51-35(63)25(13-9-15-48-40(44)45)53-32(60)21(3)50-30(59)19-42/h6-8,11-12,20-23,25-28,31H,9-10,13-19,42H2,1-5H3,(H2,43,58)(H,50,59)(H,51,63)(H,52,64)(H,53,60)(H,54,61)(H,55,62)(H,56,65)(H,57,66)(H,67,68)(H4,44,45,48)(H4,46,47,49)/t21-,22-,23-,25-,26-,27-,28-,31-/m0/s1. The average Bonchev–Trinajstić information content (AvgIpc) is 3.26. The van der Waals surface area contributed by atoms with Crippen molar-refractivity contribution >= 4 is 71.1 Å². The van der Waals surface area contributed by atoms with Crippen LogP contribution >= 0.6 is 0 Å². The zero-order valence-corrected chi connectivity index (χ0v) is 38.8. The maximum Gasteiger partial charge on any atom is 0.326 e. The van der Waals surface area contributed by atoms with Crippen LogP contribution < -0.4 is 76.9 Å². The molecule has 0 aliphatic carbocycles. The Kier molecular flexibility index (Phi) is 25.7. The van der Waals surface area contributed by atoms with Crippen molar-refractivity contribution in [2.75, 3.05) is 19.6 Å². The Morgan fingerprint density at radius 2 is 0.926 bits per heavy atom. The van der Waals surface area contributed by atoms with Crippen LogP contribution in [0.4, 0.5) is 0 Å². The maximum atomic E-state index is 13.8. The number of carboxylic acids is 1. The van der Waals surface area contributed by atoms with Crippen molar-refractivity contribution in [1.29, 1.82) is 0 Å². The number of hydrogen-bond acceptors (Lipinski definition) is 13. The number of benzene rings is 1. The molecule has 68 heavy (non-hydrogen) atoms. The van der Waals surface area contributed by atoms with Gasteiger partial charge in [0.1, 0.15) is 48.3 Å². The third-order valence-corrected chi connectivity index (χ3v) is 9.80. The monoisotopic (exact) mass is 961 g/mol. The third kappa shape index (κ3) is 22.6. The maximum absolute atomic E-state index is 13.8. The lowest BCUT2D eigenvalue weighted by Crippen LogP contribution is -2.60. The lowest BCUT2D eigenvalue weighted by Gasteiger charge is -2.26. The predicted octanol–water partition coefficient (Wildman–Crippen LogP) is -6.15. The first-order valence-electron chi connectivity index (χ1n) is 21.6. The Labute approximate surface area is 393 Å². The summed E-state index contributed by atoms with van der Waals surface area (Å²) in [4.78, 5) is 138. The minimum Gasteiger partial charge on any atom is -0.480 e. The van der Waals surface area contributed by atoms with Gasteiger partial charge in [0, 0.05) is 19.5 Å². The molecule has 0 radical (unpaired) electrons. The quantitative estimate of drug-likeness (QED) is 0.0194. The van der Waals surface area contributed by atoms with Gasteiger partial charge in [0.05, 0.1) is 13.0 Å². The molecule has 27 heteroatoms. The molecular formula is C41H68N16O11. The summed E-state index contributed by atoms with van der Waals surface area (Å²) < 4.78 is 0. The number of aliphatic carboxylic acids is 1. The number of nitrogens with zero attached hydrogens (tertiary/aromatic N) is 2. The van der Waals surface area contributed by atoms with Crippen molar-refractivity contribution in [1.82, 2.24) is 42.5 Å². The number of carbonyl (C=O) groups excluding carboxylic acids is 9. The van der Waals surface area contributed by atoms with Gasteiger partial charge in [0.25, 0.3) is 0 Å². The van der Waals surface area contributed by atoms with Crippen LogP contribution in [-0.2, 0) is 54.4 Å². The molecule has 0 aromatic heterocycles. The van der Waals surface area contributed by atoms with Crippen molar-refractivity contribution in [3.05, 3.63) is 35.9 Å². The van der Waals surface area contributed by atoms with Crippen LogP contribution in [0, 0.1) is 5.92 Å². The highest BCUT2D eigenvalue weighted by atomic mass is 16.4. The van der Waals surface area contributed by atoms with E-state index in [9.17, 15) is 53.1 Å². The molecule has 378 valence electrons. The van der Waals surface area contributed by atoms with E-state index in [4.69, 9.17) is 34.4 Å². The number of carboxylic acid groups (broad SMARTS) is 1. The van der Waals surface area contributed by atoms with Crippen LogP contribution in [0.3, 0.4) is 0 Å². The second-order valence-electron chi connectivity index (χ2n) is 16.0. The average molecular weight is 961 g/mol. The molecule has 27 nitrogen and oxygen atoms in total. The summed E-state index contributed by atoms with van der Waals surface area (Å²) in [6.45, 7) is 6.79. The lowest BCUT2D eigenvalue weighted by molar-refractivity contribution is -0.143. The first kappa shape index (κ1) is 58.4. The largest absolute Gasteiger partial charge is 0.480 e. The summed E-state index contributed by atoms with van der Waals surface area (Å²) in [5.41, 5.74) is 32.9. The van der Waals surface area contributed by atoms with Crippen molar-refractivity contribution in [3.63, 3.8) is 0 Å². The van der Waals surface area contributed by atoms with E-state index in [0.717, 1.165) is 0 Å². The second-order valence-corrected chi connectivity index (χ2v) is 16.0. The molecule has 9 amide bonds. The summed E-state index contributed by atoms with van der Waals surface area (Å²) in [7, 11) is 0. The van der Waals surface area contributed by atoms with E-state index in [1.54, 1.807) is 30.3 Å². The Bertz CT molecular complexity index is 1980. The molecule has 0 heterocycles. The number of nitrogens with one attached hydrogen (secondary N) is 8. The van der Waals surface area contributed by atoms with Crippen LogP contribution in [0.2, 0.25) is 0 Å². The van der Waals surface area contributed by atoms with E-state index in [1.807, 2.05) is 0 Å². The Balaban J connectivity index is 3.32. The molecule has 0 saturated heterocycles. The number of guanidine groups is 2. The van der Waals surface area contributed by atoms with Gasteiger partial charge in [-0.15, -0.1) is 0 Å². The summed E-state index contributed by atoms with van der Waals surface area (Å²) in [5.74, 6) is -10.1. The van der Waals surface area contributed by atoms with Gasteiger partial charge in [-0.05, 0) is 57.9 Å². The fourth-order valence-electron chi connectivity index (χ4n) is 6.07. The molecule has 1 aromatic rings. The third-order valence-electron chi connectivity index (χ3n) is 9.80. The van der Waals surface area contributed by atoms with Crippen LogP contribution in [0.1, 0.15) is 72.3 Å². The van der Waals surface area contributed by atoms with Gasteiger partial charge < -0.3 is 82.0 Å². The highest BCUT2D eigenvalue weighted by Gasteiger charge is 2.34. The van der Waals surface area contributed by atoms with Crippen LogP contribution in [0.25, 0.3) is 0 Å². The molecule has 0 bridgehead atoms. The Morgan fingerprint density at radius 1 is 0.529 bits per heavy atom. The zero-order chi connectivity index (χ0) is 51.7. The lowest BCUT2D eigenvalue weighted by atomic mass is 10.0. The molecule has 21 N–H and O–H groups in total. The molecule has 0 fully saturated rings. The van der Waals surface area contributed by atoms with Gasteiger partial charge in [-0.25, -0.2) is 4.79 Å². The number of carbonyl (C=O) groups is 10. The highest BCUT2D eigenvalue weighted by Crippen LogP contribution is 2.09. The van der Waals surface area contributed by atoms with Crippen LogP contribution in [-0.4, -0.2) is 144 Å². The minimum absolute atomic E-state index is 0.00130. The molecule has 1 rings (SSSR count). The van der Waals surface area contributed by atoms with Crippen LogP contribution in [0.5, 0.6) is 0 Å². The first-order valence-corrected chi connectivity index (χ1v) is 21.6.